The lowest BCUT2D eigenvalue weighted by Crippen LogP contribution is -2.48. The second-order valence-corrected chi connectivity index (χ2v) is 4.75. The van der Waals surface area contributed by atoms with Gasteiger partial charge in [-0.15, -0.1) is 0 Å². The quantitative estimate of drug-likeness (QED) is 0.859. The Morgan fingerprint density at radius 1 is 1.50 bits per heavy atom. The number of nitrogens with two attached hydrogens (primary N) is 1. The van der Waals surface area contributed by atoms with E-state index in [4.69, 9.17) is 5.73 Å². The maximum atomic E-state index is 13.6. The fourth-order valence-corrected chi connectivity index (χ4v) is 2.18. The van der Waals surface area contributed by atoms with Crippen molar-refractivity contribution in [2.45, 2.75) is 18.9 Å². The van der Waals surface area contributed by atoms with Crippen LogP contribution in [-0.2, 0) is 4.79 Å². The number of hydrogen-bond acceptors (Lipinski definition) is 2. The van der Waals surface area contributed by atoms with E-state index in [0.717, 1.165) is 10.9 Å². The van der Waals surface area contributed by atoms with Crippen LogP contribution in [0.5, 0.6) is 0 Å². The lowest BCUT2D eigenvalue weighted by atomic mass is 10.0. The van der Waals surface area contributed by atoms with Crippen LogP contribution < -0.4 is 10.6 Å². The van der Waals surface area contributed by atoms with Crippen molar-refractivity contribution in [1.29, 1.82) is 0 Å². The summed E-state index contributed by atoms with van der Waals surface area (Å²) in [4.78, 5) is 13.2. The molecule has 1 unspecified atom stereocenters. The van der Waals surface area contributed by atoms with E-state index in [0.29, 0.717) is 18.7 Å². The number of amides is 1. The molecule has 0 spiro atoms. The van der Waals surface area contributed by atoms with Crippen LogP contribution in [0.15, 0.2) is 22.7 Å². The maximum absolute atomic E-state index is 13.6. The third-order valence-corrected chi connectivity index (χ3v) is 3.17. The molecule has 0 aromatic heterocycles. The van der Waals surface area contributed by atoms with Crippen molar-refractivity contribution in [3.05, 3.63) is 28.5 Å². The first-order valence-electron chi connectivity index (χ1n) is 5.11. The van der Waals surface area contributed by atoms with Gasteiger partial charge in [0.2, 0.25) is 5.91 Å². The molecule has 1 amide bonds. The zero-order valence-corrected chi connectivity index (χ0v) is 10.2. The fourth-order valence-electron chi connectivity index (χ4n) is 1.83. The monoisotopic (exact) mass is 286 g/mol. The van der Waals surface area contributed by atoms with Crippen LogP contribution in [-0.4, -0.2) is 18.5 Å². The SMILES string of the molecule is NC1CCCN(c2cc(Br)ccc2F)C1=O. The maximum Gasteiger partial charge on any atom is 0.243 e. The molecule has 1 heterocycles. The Morgan fingerprint density at radius 3 is 3.00 bits per heavy atom. The highest BCUT2D eigenvalue weighted by molar-refractivity contribution is 9.10. The third kappa shape index (κ3) is 2.10. The van der Waals surface area contributed by atoms with Gasteiger partial charge in [0.1, 0.15) is 5.82 Å². The van der Waals surface area contributed by atoms with Crippen molar-refractivity contribution in [1.82, 2.24) is 0 Å². The minimum atomic E-state index is -0.507. The summed E-state index contributed by atoms with van der Waals surface area (Å²) >= 11 is 3.26. The van der Waals surface area contributed by atoms with Crippen LogP contribution in [0, 0.1) is 5.82 Å². The summed E-state index contributed by atoms with van der Waals surface area (Å²) in [5.74, 6) is -0.603. The highest BCUT2D eigenvalue weighted by Crippen LogP contribution is 2.26. The van der Waals surface area contributed by atoms with Crippen molar-refractivity contribution in [3.63, 3.8) is 0 Å². The second kappa shape index (κ2) is 4.51. The van der Waals surface area contributed by atoms with Crippen LogP contribution >= 0.6 is 15.9 Å². The van der Waals surface area contributed by atoms with Gasteiger partial charge in [-0.05, 0) is 31.0 Å². The number of carbonyl (C=O) groups is 1. The number of rotatable bonds is 1. The Hall–Kier alpha value is -0.940. The number of piperidine rings is 1. The van der Waals surface area contributed by atoms with Crippen LogP contribution in [0.4, 0.5) is 10.1 Å². The van der Waals surface area contributed by atoms with Gasteiger partial charge in [-0.25, -0.2) is 4.39 Å². The van der Waals surface area contributed by atoms with Crippen LogP contribution in [0.1, 0.15) is 12.8 Å². The largest absolute Gasteiger partial charge is 0.320 e. The van der Waals surface area contributed by atoms with Crippen molar-refractivity contribution >= 4 is 27.5 Å². The normalized spacial score (nSPS) is 21.3. The molecule has 0 aliphatic carbocycles. The molecule has 1 aliphatic heterocycles. The molecular weight excluding hydrogens is 275 g/mol. The summed E-state index contributed by atoms with van der Waals surface area (Å²) in [6.07, 6.45) is 1.48. The third-order valence-electron chi connectivity index (χ3n) is 2.68. The lowest BCUT2D eigenvalue weighted by molar-refractivity contribution is -0.120. The Labute approximate surface area is 102 Å². The van der Waals surface area contributed by atoms with E-state index in [-0.39, 0.29) is 5.91 Å². The van der Waals surface area contributed by atoms with Crippen molar-refractivity contribution < 1.29 is 9.18 Å². The number of hydrogen-bond donors (Lipinski definition) is 1. The molecular formula is C11H12BrFN2O. The molecule has 1 saturated heterocycles. The molecule has 2 rings (SSSR count). The van der Waals surface area contributed by atoms with E-state index >= 15 is 0 Å². The number of benzene rings is 1. The Bertz CT molecular complexity index is 424. The molecule has 1 aromatic rings. The minimum absolute atomic E-state index is 0.205. The van der Waals surface area contributed by atoms with E-state index < -0.39 is 11.9 Å². The van der Waals surface area contributed by atoms with Gasteiger partial charge in [-0.1, -0.05) is 15.9 Å². The average molecular weight is 287 g/mol. The van der Waals surface area contributed by atoms with E-state index in [1.54, 1.807) is 12.1 Å². The second-order valence-electron chi connectivity index (χ2n) is 3.83. The van der Waals surface area contributed by atoms with Gasteiger partial charge in [-0.2, -0.15) is 0 Å². The van der Waals surface area contributed by atoms with Crippen LogP contribution in [0.25, 0.3) is 0 Å². The molecule has 86 valence electrons. The first-order valence-corrected chi connectivity index (χ1v) is 5.91. The van der Waals surface area contributed by atoms with Crippen LogP contribution in [0.2, 0.25) is 0 Å². The number of carbonyl (C=O) groups excluding carboxylic acids is 1. The van der Waals surface area contributed by atoms with Gasteiger partial charge in [0.05, 0.1) is 11.7 Å². The van der Waals surface area contributed by atoms with E-state index in [1.165, 1.54) is 11.0 Å². The first kappa shape index (κ1) is 11.5. The topological polar surface area (TPSA) is 46.3 Å². The Morgan fingerprint density at radius 2 is 2.25 bits per heavy atom. The Kier molecular flexibility index (Phi) is 3.25. The highest BCUT2D eigenvalue weighted by atomic mass is 79.9. The molecule has 1 fully saturated rings. The molecule has 1 aliphatic rings. The number of anilines is 1. The molecule has 0 saturated carbocycles. The minimum Gasteiger partial charge on any atom is -0.320 e. The molecule has 0 radical (unpaired) electrons. The van der Waals surface area contributed by atoms with Crippen molar-refractivity contribution in [2.24, 2.45) is 5.73 Å². The summed E-state index contributed by atoms with van der Waals surface area (Å²) in [6.45, 7) is 0.528. The van der Waals surface area contributed by atoms with Crippen molar-refractivity contribution in [2.75, 3.05) is 11.4 Å². The van der Waals surface area contributed by atoms with E-state index in [1.807, 2.05) is 0 Å². The predicted molar refractivity (Wildman–Crippen MR) is 63.7 cm³/mol. The molecule has 16 heavy (non-hydrogen) atoms. The zero-order chi connectivity index (χ0) is 11.7. The van der Waals surface area contributed by atoms with Gasteiger partial charge in [-0.3, -0.25) is 4.79 Å². The summed E-state index contributed by atoms with van der Waals surface area (Å²) in [5, 5.41) is 0. The molecule has 0 bridgehead atoms. The molecule has 1 atom stereocenters. The lowest BCUT2D eigenvalue weighted by Gasteiger charge is -2.30. The summed E-state index contributed by atoms with van der Waals surface area (Å²) in [6, 6.07) is 4.04. The van der Waals surface area contributed by atoms with Gasteiger partial charge >= 0.3 is 0 Å². The number of nitrogens with zero attached hydrogens (tertiary/aromatic N) is 1. The van der Waals surface area contributed by atoms with Gasteiger partial charge < -0.3 is 10.6 Å². The summed E-state index contributed by atoms with van der Waals surface area (Å²) in [5.41, 5.74) is 5.97. The van der Waals surface area contributed by atoms with E-state index in [9.17, 15) is 9.18 Å². The van der Waals surface area contributed by atoms with E-state index in [2.05, 4.69) is 15.9 Å². The molecule has 2 N–H and O–H groups in total. The molecule has 3 nitrogen and oxygen atoms in total. The smallest absolute Gasteiger partial charge is 0.243 e. The standard InChI is InChI=1S/C11H12BrFN2O/c12-7-3-4-8(13)10(6-7)15-5-1-2-9(14)11(15)16/h3-4,6,9H,1-2,5,14H2. The zero-order valence-electron chi connectivity index (χ0n) is 8.62. The molecule has 5 heteroatoms. The first-order chi connectivity index (χ1) is 7.59. The number of halogens is 2. The van der Waals surface area contributed by atoms with Crippen molar-refractivity contribution in [3.8, 4) is 0 Å². The average Bonchev–Trinajstić information content (AvgIpc) is 2.26. The summed E-state index contributed by atoms with van der Waals surface area (Å²) < 4.78 is 14.3. The highest BCUT2D eigenvalue weighted by Gasteiger charge is 2.28. The summed E-state index contributed by atoms with van der Waals surface area (Å²) in [7, 11) is 0. The van der Waals surface area contributed by atoms with Crippen LogP contribution in [0.3, 0.4) is 0 Å². The van der Waals surface area contributed by atoms with Gasteiger partial charge in [0, 0.05) is 11.0 Å². The fraction of sp³-hybridized carbons (Fsp3) is 0.364. The Balaban J connectivity index is 2.35. The molecule has 1 aromatic carbocycles. The predicted octanol–water partition coefficient (Wildman–Crippen LogP) is 2.04. The van der Waals surface area contributed by atoms with Gasteiger partial charge in [0.15, 0.2) is 0 Å². The van der Waals surface area contributed by atoms with Gasteiger partial charge in [0.25, 0.3) is 0 Å².